The minimum atomic E-state index is -3.73. The zero-order chi connectivity index (χ0) is 18.9. The molecule has 0 bridgehead atoms. The molecule has 2 aliphatic heterocycles. The summed E-state index contributed by atoms with van der Waals surface area (Å²) in [6, 6.07) is 3.17. The second-order valence-corrected chi connectivity index (χ2v) is 9.07. The molecule has 1 atom stereocenters. The summed E-state index contributed by atoms with van der Waals surface area (Å²) in [6.07, 6.45) is 2.09. The lowest BCUT2D eigenvalue weighted by Gasteiger charge is -2.37. The van der Waals surface area contributed by atoms with Crippen molar-refractivity contribution in [1.82, 2.24) is 14.1 Å². The zero-order valence-electron chi connectivity index (χ0n) is 14.7. The summed E-state index contributed by atoms with van der Waals surface area (Å²) in [4.78, 5) is 16.4. The van der Waals surface area contributed by atoms with Crippen molar-refractivity contribution in [2.45, 2.75) is 30.7 Å². The van der Waals surface area contributed by atoms with E-state index in [0.29, 0.717) is 13.1 Å². The van der Waals surface area contributed by atoms with Gasteiger partial charge in [-0.1, -0.05) is 11.6 Å². The van der Waals surface area contributed by atoms with E-state index in [1.54, 1.807) is 0 Å². The van der Waals surface area contributed by atoms with E-state index in [1.807, 2.05) is 16.7 Å². The van der Waals surface area contributed by atoms with Crippen LogP contribution in [0, 0.1) is 5.82 Å². The number of benzene rings is 1. The molecule has 26 heavy (non-hydrogen) atoms. The first-order valence-corrected chi connectivity index (χ1v) is 10.6. The first-order chi connectivity index (χ1) is 12.3. The van der Waals surface area contributed by atoms with Crippen LogP contribution < -0.4 is 0 Å². The molecule has 2 heterocycles. The summed E-state index contributed by atoms with van der Waals surface area (Å²) >= 11 is 5.71. The number of hydrogen-bond acceptors (Lipinski definition) is 4. The Morgan fingerprint density at radius 3 is 2.31 bits per heavy atom. The number of sulfonamides is 1. The van der Waals surface area contributed by atoms with Crippen LogP contribution in [0.15, 0.2) is 23.1 Å². The van der Waals surface area contributed by atoms with E-state index < -0.39 is 15.8 Å². The van der Waals surface area contributed by atoms with Gasteiger partial charge in [-0.15, -0.1) is 0 Å². The highest BCUT2D eigenvalue weighted by Gasteiger charge is 2.33. The molecule has 1 aromatic carbocycles. The van der Waals surface area contributed by atoms with E-state index in [4.69, 9.17) is 11.6 Å². The first-order valence-electron chi connectivity index (χ1n) is 8.79. The molecule has 1 aromatic rings. The van der Waals surface area contributed by atoms with E-state index in [2.05, 4.69) is 0 Å². The number of nitrogens with zero attached hydrogens (tertiary/aromatic N) is 3. The van der Waals surface area contributed by atoms with E-state index >= 15 is 0 Å². The molecule has 144 valence electrons. The predicted molar refractivity (Wildman–Crippen MR) is 97.0 cm³/mol. The number of amides is 1. The normalized spacial score (nSPS) is 21.1. The van der Waals surface area contributed by atoms with E-state index in [0.717, 1.165) is 38.1 Å². The van der Waals surface area contributed by atoms with Gasteiger partial charge in [0.05, 0.1) is 16.0 Å². The quantitative estimate of drug-likeness (QED) is 0.769. The largest absolute Gasteiger partial charge is 0.341 e. The molecule has 6 nitrogen and oxygen atoms in total. The molecule has 0 aliphatic carbocycles. The number of halogens is 2. The molecule has 9 heteroatoms. The van der Waals surface area contributed by atoms with Gasteiger partial charge in [0, 0.05) is 39.3 Å². The number of rotatable bonds is 4. The lowest BCUT2D eigenvalue weighted by atomic mass is 10.2. The Morgan fingerprint density at radius 2 is 1.73 bits per heavy atom. The van der Waals surface area contributed by atoms with Crippen molar-refractivity contribution in [3.8, 4) is 0 Å². The van der Waals surface area contributed by atoms with Gasteiger partial charge in [0.25, 0.3) is 0 Å². The van der Waals surface area contributed by atoms with Gasteiger partial charge in [0.2, 0.25) is 15.9 Å². The monoisotopic (exact) mass is 403 g/mol. The van der Waals surface area contributed by atoms with Crippen molar-refractivity contribution in [3.05, 3.63) is 29.0 Å². The molecule has 2 aliphatic rings. The topological polar surface area (TPSA) is 60.9 Å². The van der Waals surface area contributed by atoms with Crippen LogP contribution in [0.5, 0.6) is 0 Å². The fraction of sp³-hybridized carbons (Fsp3) is 0.588. The van der Waals surface area contributed by atoms with E-state index in [9.17, 15) is 17.6 Å². The number of hydrogen-bond donors (Lipinski definition) is 0. The molecular weight excluding hydrogens is 381 g/mol. The Bertz CT molecular complexity index is 775. The van der Waals surface area contributed by atoms with Gasteiger partial charge in [-0.05, 0) is 38.0 Å². The maximum Gasteiger partial charge on any atom is 0.243 e. The van der Waals surface area contributed by atoms with Crippen molar-refractivity contribution in [2.75, 3.05) is 39.3 Å². The fourth-order valence-corrected chi connectivity index (χ4v) is 5.17. The maximum absolute atomic E-state index is 13.3. The minimum absolute atomic E-state index is 0.0152. The van der Waals surface area contributed by atoms with Crippen LogP contribution in [-0.2, 0) is 14.8 Å². The Morgan fingerprint density at radius 1 is 1.12 bits per heavy atom. The van der Waals surface area contributed by atoms with Crippen LogP contribution in [-0.4, -0.2) is 73.7 Å². The standard InChI is InChI=1S/C17H23ClFN3O3S/c1-13(17(23)21-6-2-3-7-21)20-8-10-22(11-9-20)26(24,25)14-4-5-16(19)15(18)12-14/h4-5,12-13H,2-3,6-11H2,1H3/t13-/m0/s1. The summed E-state index contributed by atoms with van der Waals surface area (Å²) in [6.45, 7) is 5.03. The van der Waals surface area contributed by atoms with Gasteiger partial charge in [-0.2, -0.15) is 4.31 Å². The van der Waals surface area contributed by atoms with Crippen LogP contribution in [0.2, 0.25) is 5.02 Å². The third-order valence-electron chi connectivity index (χ3n) is 5.12. The van der Waals surface area contributed by atoms with Crippen LogP contribution in [0.4, 0.5) is 4.39 Å². The van der Waals surface area contributed by atoms with Gasteiger partial charge in [0.15, 0.2) is 0 Å². The molecule has 0 aromatic heterocycles. The number of carbonyl (C=O) groups excluding carboxylic acids is 1. The van der Waals surface area contributed by atoms with Gasteiger partial charge < -0.3 is 4.90 Å². The van der Waals surface area contributed by atoms with Gasteiger partial charge in [-0.3, -0.25) is 9.69 Å². The molecule has 0 N–H and O–H groups in total. The average molecular weight is 404 g/mol. The second kappa shape index (κ2) is 7.80. The molecule has 0 spiro atoms. The third kappa shape index (κ3) is 3.88. The molecule has 0 unspecified atom stereocenters. The second-order valence-electron chi connectivity index (χ2n) is 6.72. The van der Waals surface area contributed by atoms with Crippen molar-refractivity contribution >= 4 is 27.5 Å². The lowest BCUT2D eigenvalue weighted by molar-refractivity contribution is -0.135. The van der Waals surface area contributed by atoms with Crippen LogP contribution in [0.1, 0.15) is 19.8 Å². The summed E-state index contributed by atoms with van der Waals surface area (Å²) in [5.41, 5.74) is 0. The molecule has 1 amide bonds. The molecule has 2 saturated heterocycles. The first kappa shape index (κ1) is 19.5. The zero-order valence-corrected chi connectivity index (χ0v) is 16.3. The number of piperazine rings is 1. The smallest absolute Gasteiger partial charge is 0.243 e. The SMILES string of the molecule is C[C@@H](C(=O)N1CCCC1)N1CCN(S(=O)(=O)c2ccc(F)c(Cl)c2)CC1. The number of carbonyl (C=O) groups is 1. The Hall–Kier alpha value is -1.22. The Labute approximate surface area is 158 Å². The van der Waals surface area contributed by atoms with E-state index in [1.165, 1.54) is 10.4 Å². The minimum Gasteiger partial charge on any atom is -0.341 e. The molecule has 2 fully saturated rings. The predicted octanol–water partition coefficient (Wildman–Crippen LogP) is 1.80. The highest BCUT2D eigenvalue weighted by atomic mass is 35.5. The van der Waals surface area contributed by atoms with Crippen LogP contribution in [0.25, 0.3) is 0 Å². The van der Waals surface area contributed by atoms with Crippen molar-refractivity contribution in [2.24, 2.45) is 0 Å². The van der Waals surface area contributed by atoms with Gasteiger partial charge in [0.1, 0.15) is 5.82 Å². The third-order valence-corrected chi connectivity index (χ3v) is 7.31. The average Bonchev–Trinajstić information content (AvgIpc) is 3.17. The Kier molecular flexibility index (Phi) is 5.86. The molecule has 0 saturated carbocycles. The van der Waals surface area contributed by atoms with Crippen LogP contribution >= 0.6 is 11.6 Å². The van der Waals surface area contributed by atoms with Crippen molar-refractivity contribution < 1.29 is 17.6 Å². The van der Waals surface area contributed by atoms with Crippen LogP contribution in [0.3, 0.4) is 0 Å². The van der Waals surface area contributed by atoms with Crippen molar-refractivity contribution in [1.29, 1.82) is 0 Å². The summed E-state index contributed by atoms with van der Waals surface area (Å²) in [7, 11) is -3.73. The number of likely N-dealkylation sites (tertiary alicyclic amines) is 1. The van der Waals surface area contributed by atoms with E-state index in [-0.39, 0.29) is 35.0 Å². The van der Waals surface area contributed by atoms with Gasteiger partial charge in [-0.25, -0.2) is 12.8 Å². The summed E-state index contributed by atoms with van der Waals surface area (Å²) in [5.74, 6) is -0.534. The Balaban J connectivity index is 1.63. The molecular formula is C17H23ClFN3O3S. The molecule has 0 radical (unpaired) electrons. The fourth-order valence-electron chi connectivity index (χ4n) is 3.48. The van der Waals surface area contributed by atoms with Gasteiger partial charge >= 0.3 is 0 Å². The summed E-state index contributed by atoms with van der Waals surface area (Å²) in [5, 5.41) is -0.213. The lowest BCUT2D eigenvalue weighted by Crippen LogP contribution is -2.55. The highest BCUT2D eigenvalue weighted by molar-refractivity contribution is 7.89. The maximum atomic E-state index is 13.3. The highest BCUT2D eigenvalue weighted by Crippen LogP contribution is 2.24. The molecule has 3 rings (SSSR count). The summed E-state index contributed by atoms with van der Waals surface area (Å²) < 4.78 is 40.1. The van der Waals surface area contributed by atoms with Crippen molar-refractivity contribution in [3.63, 3.8) is 0 Å².